The molecular formula is C17H18N4O4S. The fourth-order valence-corrected chi connectivity index (χ4v) is 3.98. The fourth-order valence-electron chi connectivity index (χ4n) is 2.71. The number of carboxylic acids is 1. The van der Waals surface area contributed by atoms with Crippen LogP contribution >= 0.6 is 0 Å². The van der Waals surface area contributed by atoms with E-state index in [1.807, 2.05) is 0 Å². The zero-order valence-corrected chi connectivity index (χ0v) is 14.6. The second-order valence-corrected chi connectivity index (χ2v) is 7.40. The van der Waals surface area contributed by atoms with E-state index in [0.29, 0.717) is 22.2 Å². The zero-order valence-electron chi connectivity index (χ0n) is 13.8. The van der Waals surface area contributed by atoms with E-state index in [2.05, 4.69) is 9.82 Å². The van der Waals surface area contributed by atoms with E-state index in [-0.39, 0.29) is 24.4 Å². The summed E-state index contributed by atoms with van der Waals surface area (Å²) >= 11 is 0. The fraction of sp³-hybridized carbons (Fsp3) is 0.176. The van der Waals surface area contributed by atoms with Gasteiger partial charge in [0.1, 0.15) is 0 Å². The minimum absolute atomic E-state index is 0.136. The molecule has 0 saturated heterocycles. The molecule has 26 heavy (non-hydrogen) atoms. The molecule has 0 saturated carbocycles. The Morgan fingerprint density at radius 2 is 2.04 bits per heavy atom. The third-order valence-corrected chi connectivity index (χ3v) is 5.39. The summed E-state index contributed by atoms with van der Waals surface area (Å²) in [5, 5.41) is 13.2. The molecule has 2 aromatic heterocycles. The van der Waals surface area contributed by atoms with Crippen molar-refractivity contribution in [2.75, 3.05) is 13.1 Å². The first-order chi connectivity index (χ1) is 12.4. The highest BCUT2D eigenvalue weighted by Gasteiger charge is 2.19. The van der Waals surface area contributed by atoms with E-state index < -0.39 is 16.0 Å². The van der Waals surface area contributed by atoms with E-state index >= 15 is 0 Å². The Kier molecular flexibility index (Phi) is 5.03. The smallest absolute Gasteiger partial charge is 0.307 e. The van der Waals surface area contributed by atoms with Crippen LogP contribution in [0, 0.1) is 0 Å². The van der Waals surface area contributed by atoms with Crippen LogP contribution in [-0.4, -0.2) is 42.2 Å². The Balaban J connectivity index is 2.11. The molecule has 0 atom stereocenters. The Hall–Kier alpha value is -2.75. The van der Waals surface area contributed by atoms with E-state index in [1.165, 1.54) is 12.3 Å². The summed E-state index contributed by atoms with van der Waals surface area (Å²) in [5.74, 6) is -0.959. The van der Waals surface area contributed by atoms with Crippen molar-refractivity contribution in [3.05, 3.63) is 54.4 Å². The number of nitrogens with two attached hydrogens (primary N) is 1. The van der Waals surface area contributed by atoms with Crippen LogP contribution in [0.15, 0.2) is 53.7 Å². The van der Waals surface area contributed by atoms with Gasteiger partial charge in [0.15, 0.2) is 0 Å². The average molecular weight is 374 g/mol. The third kappa shape index (κ3) is 3.59. The van der Waals surface area contributed by atoms with E-state index in [0.717, 1.165) is 0 Å². The van der Waals surface area contributed by atoms with Crippen molar-refractivity contribution in [1.82, 2.24) is 14.3 Å². The van der Waals surface area contributed by atoms with Gasteiger partial charge in [0.2, 0.25) is 10.0 Å². The zero-order chi connectivity index (χ0) is 18.7. The first-order valence-corrected chi connectivity index (χ1v) is 9.38. The predicted octanol–water partition coefficient (Wildman–Crippen LogP) is 0.865. The van der Waals surface area contributed by atoms with Crippen molar-refractivity contribution < 1.29 is 18.3 Å². The van der Waals surface area contributed by atoms with Crippen LogP contribution in [0.3, 0.4) is 0 Å². The topological polar surface area (TPSA) is 127 Å². The largest absolute Gasteiger partial charge is 0.481 e. The van der Waals surface area contributed by atoms with Gasteiger partial charge in [0, 0.05) is 30.4 Å². The number of benzene rings is 1. The summed E-state index contributed by atoms with van der Waals surface area (Å²) in [7, 11) is -3.72. The maximum absolute atomic E-state index is 12.5. The maximum Gasteiger partial charge on any atom is 0.307 e. The van der Waals surface area contributed by atoms with Crippen molar-refractivity contribution in [1.29, 1.82) is 0 Å². The van der Waals surface area contributed by atoms with Crippen LogP contribution in [0.4, 0.5) is 0 Å². The molecule has 0 bridgehead atoms. The van der Waals surface area contributed by atoms with Crippen molar-refractivity contribution in [2.45, 2.75) is 11.3 Å². The first-order valence-electron chi connectivity index (χ1n) is 7.89. The molecule has 9 heteroatoms. The summed E-state index contributed by atoms with van der Waals surface area (Å²) < 4.78 is 29.1. The minimum atomic E-state index is -3.72. The van der Waals surface area contributed by atoms with Gasteiger partial charge in [-0.25, -0.2) is 17.7 Å². The Morgan fingerprint density at radius 1 is 1.27 bits per heavy atom. The Bertz CT molecular complexity index is 1060. The maximum atomic E-state index is 12.5. The molecule has 0 aliphatic carbocycles. The lowest BCUT2D eigenvalue weighted by Gasteiger charge is -2.12. The summed E-state index contributed by atoms with van der Waals surface area (Å²) in [6.07, 6.45) is 3.01. The molecule has 0 aliphatic heterocycles. The Morgan fingerprint density at radius 3 is 2.77 bits per heavy atom. The van der Waals surface area contributed by atoms with Crippen LogP contribution in [0.1, 0.15) is 5.56 Å². The molecule has 2 heterocycles. The van der Waals surface area contributed by atoms with Crippen LogP contribution < -0.4 is 10.5 Å². The van der Waals surface area contributed by atoms with Crippen molar-refractivity contribution in [3.8, 4) is 11.1 Å². The van der Waals surface area contributed by atoms with E-state index in [9.17, 15) is 13.2 Å². The molecular weight excluding hydrogens is 356 g/mol. The number of fused-ring (bicyclic) bond motifs is 1. The molecule has 0 unspecified atom stereocenters. The molecule has 0 aliphatic rings. The van der Waals surface area contributed by atoms with Gasteiger partial charge in [-0.3, -0.25) is 4.79 Å². The highest BCUT2D eigenvalue weighted by Crippen LogP contribution is 2.28. The van der Waals surface area contributed by atoms with Crippen LogP contribution in [0.2, 0.25) is 0 Å². The number of hydrogen-bond acceptors (Lipinski definition) is 5. The van der Waals surface area contributed by atoms with E-state index in [4.69, 9.17) is 10.8 Å². The molecule has 3 aromatic rings. The van der Waals surface area contributed by atoms with Gasteiger partial charge in [-0.05, 0) is 23.8 Å². The third-order valence-electron chi connectivity index (χ3n) is 3.87. The average Bonchev–Trinajstić information content (AvgIpc) is 3.01. The minimum Gasteiger partial charge on any atom is -0.481 e. The summed E-state index contributed by atoms with van der Waals surface area (Å²) in [4.78, 5) is 11.2. The predicted molar refractivity (Wildman–Crippen MR) is 96.2 cm³/mol. The number of aromatic nitrogens is 2. The van der Waals surface area contributed by atoms with Gasteiger partial charge in [-0.2, -0.15) is 5.10 Å². The number of carbonyl (C=O) groups is 1. The normalized spacial score (nSPS) is 11.7. The van der Waals surface area contributed by atoms with Crippen LogP contribution in [-0.2, 0) is 21.2 Å². The number of rotatable bonds is 7. The van der Waals surface area contributed by atoms with Gasteiger partial charge in [-0.15, -0.1) is 0 Å². The highest BCUT2D eigenvalue weighted by molar-refractivity contribution is 7.89. The summed E-state index contributed by atoms with van der Waals surface area (Å²) in [6.45, 7) is 0.336. The van der Waals surface area contributed by atoms with Crippen LogP contribution in [0.25, 0.3) is 16.6 Å². The second kappa shape index (κ2) is 7.24. The molecule has 8 nitrogen and oxygen atoms in total. The van der Waals surface area contributed by atoms with Crippen LogP contribution in [0.5, 0.6) is 0 Å². The lowest BCUT2D eigenvalue weighted by molar-refractivity contribution is -0.136. The Labute approximate surface area is 150 Å². The standard InChI is InChI=1S/C17H18N4O4S/c18-6-7-20-26(24,25)16-4-2-1-3-14(16)12-5-8-21-15(9-12)13(11-19-21)10-17(22)23/h1-5,8-9,11,20H,6-7,10,18H2,(H,22,23). The number of pyridine rings is 1. The quantitative estimate of drug-likeness (QED) is 0.563. The van der Waals surface area contributed by atoms with Gasteiger partial charge < -0.3 is 10.8 Å². The lowest BCUT2D eigenvalue weighted by atomic mass is 10.1. The number of sulfonamides is 1. The number of aliphatic carboxylic acids is 1. The molecule has 0 radical (unpaired) electrons. The van der Waals surface area contributed by atoms with Crippen molar-refractivity contribution in [3.63, 3.8) is 0 Å². The molecule has 136 valence electrons. The number of hydrogen-bond donors (Lipinski definition) is 3. The SMILES string of the molecule is NCCNS(=O)(=O)c1ccccc1-c1ccn2ncc(CC(=O)O)c2c1. The van der Waals surface area contributed by atoms with Gasteiger partial charge in [0.25, 0.3) is 0 Å². The van der Waals surface area contributed by atoms with Crippen molar-refractivity contribution in [2.24, 2.45) is 5.73 Å². The number of carboxylic acid groups (broad SMARTS) is 1. The second-order valence-electron chi connectivity index (χ2n) is 5.67. The van der Waals surface area contributed by atoms with E-state index in [1.54, 1.807) is 41.0 Å². The highest BCUT2D eigenvalue weighted by atomic mass is 32.2. The molecule has 0 amide bonds. The monoisotopic (exact) mass is 374 g/mol. The first kappa shape index (κ1) is 18.1. The lowest BCUT2D eigenvalue weighted by Crippen LogP contribution is -2.29. The summed E-state index contributed by atoms with van der Waals surface area (Å²) in [6, 6.07) is 10.1. The molecule has 0 spiro atoms. The van der Waals surface area contributed by atoms with Gasteiger partial charge in [0.05, 0.1) is 23.0 Å². The molecule has 4 N–H and O–H groups in total. The molecule has 0 fully saturated rings. The molecule has 1 aromatic carbocycles. The number of nitrogens with one attached hydrogen (secondary N) is 1. The molecule has 3 rings (SSSR count). The number of nitrogens with zero attached hydrogens (tertiary/aromatic N) is 2. The van der Waals surface area contributed by atoms with Gasteiger partial charge >= 0.3 is 5.97 Å². The van der Waals surface area contributed by atoms with Gasteiger partial charge in [-0.1, -0.05) is 18.2 Å². The summed E-state index contributed by atoms with van der Waals surface area (Å²) in [5.41, 5.74) is 7.73. The van der Waals surface area contributed by atoms with Crippen molar-refractivity contribution >= 4 is 21.5 Å².